The first kappa shape index (κ1) is 18.8. The third-order valence-electron chi connectivity index (χ3n) is 3.67. The molecule has 0 aliphatic carbocycles. The number of rotatable bonds is 3. The molecule has 0 radical (unpaired) electrons. The van der Waals surface area contributed by atoms with Crippen molar-refractivity contribution >= 4 is 34.8 Å². The second kappa shape index (κ2) is 8.59. The zero-order valence-electron chi connectivity index (χ0n) is 14.3. The molecule has 0 atom stereocenters. The molecule has 0 aliphatic rings. The van der Waals surface area contributed by atoms with E-state index in [9.17, 15) is 4.79 Å². The van der Waals surface area contributed by atoms with Gasteiger partial charge in [-0.1, -0.05) is 53.2 Å². The monoisotopic (exact) mass is 396 g/mol. The van der Waals surface area contributed by atoms with Gasteiger partial charge in [-0.25, -0.2) is 0 Å². The number of nitrogens with one attached hydrogen (secondary N) is 1. The van der Waals surface area contributed by atoms with E-state index < -0.39 is 0 Å². The van der Waals surface area contributed by atoms with Crippen molar-refractivity contribution in [3.63, 3.8) is 0 Å². The van der Waals surface area contributed by atoms with Gasteiger partial charge in [0.05, 0.1) is 28.4 Å². The number of methoxy groups -OCH3 is 1. The Morgan fingerprint density at radius 2 is 1.74 bits per heavy atom. The van der Waals surface area contributed by atoms with Crippen molar-refractivity contribution in [2.75, 3.05) is 12.4 Å². The fourth-order valence-corrected chi connectivity index (χ4v) is 2.78. The number of carbonyl (C=O) groups excluding carboxylic acids is 1. The maximum absolute atomic E-state index is 12.6. The second-order valence-electron chi connectivity index (χ2n) is 5.46. The van der Waals surface area contributed by atoms with Gasteiger partial charge in [0.2, 0.25) is 0 Å². The molecule has 0 aliphatic heterocycles. The Morgan fingerprint density at radius 3 is 2.41 bits per heavy atom. The lowest BCUT2D eigenvalue weighted by molar-refractivity contribution is 0.102. The summed E-state index contributed by atoms with van der Waals surface area (Å²) in [4.78, 5) is 16.5. The molecule has 1 N–H and O–H groups in total. The Balaban J connectivity index is 1.91. The first-order valence-corrected chi connectivity index (χ1v) is 8.69. The molecule has 1 aromatic heterocycles. The molecule has 4 nitrogen and oxygen atoms in total. The van der Waals surface area contributed by atoms with Crippen LogP contribution in [-0.2, 0) is 0 Å². The third-order valence-corrected chi connectivity index (χ3v) is 4.24. The van der Waals surface area contributed by atoms with Crippen LogP contribution in [0.4, 0.5) is 5.69 Å². The van der Waals surface area contributed by atoms with E-state index in [0.29, 0.717) is 22.6 Å². The number of anilines is 1. The number of hydrogen-bond donors (Lipinski definition) is 1. The Kier molecular flexibility index (Phi) is 5.97. The molecule has 0 saturated carbocycles. The lowest BCUT2D eigenvalue weighted by atomic mass is 10.1. The molecule has 1 heterocycles. The average Bonchev–Trinajstić information content (AvgIpc) is 2.69. The lowest BCUT2D eigenvalue weighted by Gasteiger charge is -2.10. The van der Waals surface area contributed by atoms with E-state index in [2.05, 4.69) is 22.1 Å². The van der Waals surface area contributed by atoms with Crippen LogP contribution in [0.3, 0.4) is 0 Å². The number of carbonyl (C=O) groups is 1. The molecule has 3 aromatic rings. The molecule has 134 valence electrons. The molecule has 0 bridgehead atoms. The van der Waals surface area contributed by atoms with E-state index in [1.165, 1.54) is 12.4 Å². The molecule has 0 spiro atoms. The van der Waals surface area contributed by atoms with Gasteiger partial charge >= 0.3 is 0 Å². The van der Waals surface area contributed by atoms with Gasteiger partial charge in [0.15, 0.2) is 0 Å². The van der Waals surface area contributed by atoms with Gasteiger partial charge in [-0.05, 0) is 30.3 Å². The van der Waals surface area contributed by atoms with Crippen LogP contribution >= 0.6 is 23.2 Å². The smallest absolute Gasteiger partial charge is 0.255 e. The first-order valence-electron chi connectivity index (χ1n) is 7.94. The van der Waals surface area contributed by atoms with Crippen LogP contribution in [-0.4, -0.2) is 18.0 Å². The molecule has 0 unspecified atom stereocenters. The molecule has 1 amide bonds. The summed E-state index contributed by atoms with van der Waals surface area (Å²) < 4.78 is 5.34. The van der Waals surface area contributed by atoms with E-state index in [4.69, 9.17) is 27.9 Å². The van der Waals surface area contributed by atoms with E-state index in [1.807, 2.05) is 30.3 Å². The van der Waals surface area contributed by atoms with Gasteiger partial charge in [0.1, 0.15) is 5.75 Å². The Labute approximate surface area is 167 Å². The predicted octanol–water partition coefficient (Wildman–Crippen LogP) is 5.05. The highest BCUT2D eigenvalue weighted by atomic mass is 35.5. The fraction of sp³-hybridized carbons (Fsp3) is 0.0476. The van der Waals surface area contributed by atoms with Gasteiger partial charge in [0.25, 0.3) is 5.91 Å². The second-order valence-corrected chi connectivity index (χ2v) is 6.28. The zero-order valence-corrected chi connectivity index (χ0v) is 15.8. The number of aromatic nitrogens is 1. The number of halogens is 2. The summed E-state index contributed by atoms with van der Waals surface area (Å²) in [5, 5.41) is 3.22. The number of benzene rings is 2. The van der Waals surface area contributed by atoms with Crippen molar-refractivity contribution in [3.8, 4) is 17.6 Å². The van der Waals surface area contributed by atoms with Crippen molar-refractivity contribution in [1.82, 2.24) is 4.98 Å². The molecule has 2 aromatic carbocycles. The molecule has 27 heavy (non-hydrogen) atoms. The van der Waals surface area contributed by atoms with Gasteiger partial charge in [0, 0.05) is 23.5 Å². The highest BCUT2D eigenvalue weighted by Gasteiger charge is 2.13. The van der Waals surface area contributed by atoms with Crippen LogP contribution in [0.5, 0.6) is 5.75 Å². The fourth-order valence-electron chi connectivity index (χ4n) is 2.32. The number of hydrogen-bond acceptors (Lipinski definition) is 3. The summed E-state index contributed by atoms with van der Waals surface area (Å²) in [5.74, 6) is 6.32. The normalized spacial score (nSPS) is 9.89. The van der Waals surface area contributed by atoms with Crippen LogP contribution in [0.2, 0.25) is 10.0 Å². The summed E-state index contributed by atoms with van der Waals surface area (Å²) in [7, 11) is 1.55. The minimum Gasteiger partial charge on any atom is -0.495 e. The number of nitrogens with zero attached hydrogens (tertiary/aromatic N) is 1. The topological polar surface area (TPSA) is 51.2 Å². The van der Waals surface area contributed by atoms with Crippen molar-refractivity contribution in [2.45, 2.75) is 0 Å². The standard InChI is InChI=1S/C21H14Cl2N2O2/c1-27-19-10-9-16(11-15(19)8-7-14-5-3-2-4-6-14)21(26)25-20-17(22)12-24-13-18(20)23/h2-6,9-13H,1H3,(H,24,25,26). The minimum atomic E-state index is -0.365. The van der Waals surface area contributed by atoms with Crippen molar-refractivity contribution in [1.29, 1.82) is 0 Å². The van der Waals surface area contributed by atoms with Crippen molar-refractivity contribution < 1.29 is 9.53 Å². The highest BCUT2D eigenvalue weighted by molar-refractivity contribution is 6.39. The SMILES string of the molecule is COc1ccc(C(=O)Nc2c(Cl)cncc2Cl)cc1C#Cc1ccccc1. The van der Waals surface area contributed by atoms with Crippen molar-refractivity contribution in [3.05, 3.63) is 87.7 Å². The van der Waals surface area contributed by atoms with E-state index in [-0.39, 0.29) is 16.0 Å². The molecular weight excluding hydrogens is 383 g/mol. The predicted molar refractivity (Wildman–Crippen MR) is 108 cm³/mol. The van der Waals surface area contributed by atoms with Gasteiger partial charge in [-0.3, -0.25) is 9.78 Å². The Morgan fingerprint density at radius 1 is 1.04 bits per heavy atom. The van der Waals surface area contributed by atoms with Crippen LogP contribution in [0, 0.1) is 11.8 Å². The van der Waals surface area contributed by atoms with Crippen LogP contribution < -0.4 is 10.1 Å². The summed E-state index contributed by atoms with van der Waals surface area (Å²) in [6, 6.07) is 14.6. The molecule has 6 heteroatoms. The molecule has 0 saturated heterocycles. The summed E-state index contributed by atoms with van der Waals surface area (Å²) >= 11 is 12.1. The lowest BCUT2D eigenvalue weighted by Crippen LogP contribution is -2.13. The number of pyridine rings is 1. The number of ether oxygens (including phenoxy) is 1. The molecule has 0 fully saturated rings. The van der Waals surface area contributed by atoms with Gasteiger partial charge in [-0.2, -0.15) is 0 Å². The summed E-state index contributed by atoms with van der Waals surface area (Å²) in [6.45, 7) is 0. The Bertz CT molecular complexity index is 1020. The maximum Gasteiger partial charge on any atom is 0.255 e. The van der Waals surface area contributed by atoms with Crippen molar-refractivity contribution in [2.24, 2.45) is 0 Å². The molecular formula is C21H14Cl2N2O2. The van der Waals surface area contributed by atoms with Crippen LogP contribution in [0.15, 0.2) is 60.9 Å². The average molecular weight is 397 g/mol. The maximum atomic E-state index is 12.6. The van der Waals surface area contributed by atoms with E-state index in [1.54, 1.807) is 25.3 Å². The van der Waals surface area contributed by atoms with Gasteiger partial charge in [-0.15, -0.1) is 0 Å². The summed E-state index contributed by atoms with van der Waals surface area (Å²) in [5.41, 5.74) is 2.17. The van der Waals surface area contributed by atoms with E-state index >= 15 is 0 Å². The summed E-state index contributed by atoms with van der Waals surface area (Å²) in [6.07, 6.45) is 2.82. The zero-order chi connectivity index (χ0) is 19.2. The van der Waals surface area contributed by atoms with Crippen LogP contribution in [0.1, 0.15) is 21.5 Å². The van der Waals surface area contributed by atoms with Gasteiger partial charge < -0.3 is 10.1 Å². The first-order chi connectivity index (χ1) is 13.1. The third kappa shape index (κ3) is 4.59. The quantitative estimate of drug-likeness (QED) is 0.630. The largest absolute Gasteiger partial charge is 0.495 e. The molecule has 3 rings (SSSR count). The van der Waals surface area contributed by atoms with E-state index in [0.717, 1.165) is 5.56 Å². The minimum absolute atomic E-state index is 0.258. The number of amides is 1. The van der Waals surface area contributed by atoms with Crippen LogP contribution in [0.25, 0.3) is 0 Å². The highest BCUT2D eigenvalue weighted by Crippen LogP contribution is 2.29. The Hall–Kier alpha value is -3.00.